The molecule has 2 unspecified atom stereocenters. The SMILES string of the molecule is OC1CNC2(CC2)C(C#CCCF)C1. The number of hydrogen-bond acceptors (Lipinski definition) is 2. The Bertz CT molecular complexity index is 264. The quantitative estimate of drug-likeness (QED) is 0.611. The topological polar surface area (TPSA) is 32.3 Å². The van der Waals surface area contributed by atoms with Gasteiger partial charge in [-0.25, -0.2) is 0 Å². The first-order valence-corrected chi connectivity index (χ1v) is 5.24. The molecule has 2 N–H and O–H groups in total. The molecular formula is C11H16FNO. The van der Waals surface area contributed by atoms with E-state index < -0.39 is 0 Å². The monoisotopic (exact) mass is 197 g/mol. The Hall–Kier alpha value is -0.590. The van der Waals surface area contributed by atoms with E-state index in [1.165, 1.54) is 0 Å². The normalized spacial score (nSPS) is 33.6. The van der Waals surface area contributed by atoms with Crippen molar-refractivity contribution in [3.8, 4) is 11.8 Å². The molecule has 1 saturated carbocycles. The van der Waals surface area contributed by atoms with Crippen LogP contribution in [0, 0.1) is 17.8 Å². The molecule has 1 aliphatic heterocycles. The first kappa shape index (κ1) is 9.95. The van der Waals surface area contributed by atoms with E-state index in [0.29, 0.717) is 13.0 Å². The van der Waals surface area contributed by atoms with Crippen LogP contribution in [0.3, 0.4) is 0 Å². The molecule has 2 fully saturated rings. The summed E-state index contributed by atoms with van der Waals surface area (Å²) in [5, 5.41) is 12.8. The smallest absolute Gasteiger partial charge is 0.100 e. The molecule has 14 heavy (non-hydrogen) atoms. The second kappa shape index (κ2) is 3.88. The molecule has 2 rings (SSSR count). The van der Waals surface area contributed by atoms with Gasteiger partial charge in [0.05, 0.1) is 6.10 Å². The summed E-state index contributed by atoms with van der Waals surface area (Å²) in [5.41, 5.74) is 0.169. The van der Waals surface area contributed by atoms with Crippen molar-refractivity contribution in [2.24, 2.45) is 5.92 Å². The van der Waals surface area contributed by atoms with Crippen molar-refractivity contribution < 1.29 is 9.50 Å². The van der Waals surface area contributed by atoms with Crippen molar-refractivity contribution in [1.29, 1.82) is 0 Å². The number of aliphatic hydroxyl groups is 1. The third-order valence-electron chi connectivity index (χ3n) is 3.15. The molecule has 1 heterocycles. The summed E-state index contributed by atoms with van der Waals surface area (Å²) < 4.78 is 11.9. The number of halogens is 1. The molecule has 0 aromatic rings. The minimum Gasteiger partial charge on any atom is -0.392 e. The molecule has 78 valence electrons. The van der Waals surface area contributed by atoms with Gasteiger partial charge in [0.2, 0.25) is 0 Å². The number of nitrogens with one attached hydrogen (secondary N) is 1. The third kappa shape index (κ3) is 1.92. The van der Waals surface area contributed by atoms with E-state index in [1.807, 2.05) is 0 Å². The van der Waals surface area contributed by atoms with E-state index in [9.17, 15) is 9.50 Å². The van der Waals surface area contributed by atoms with Crippen molar-refractivity contribution in [3.63, 3.8) is 0 Å². The number of alkyl halides is 1. The van der Waals surface area contributed by atoms with Gasteiger partial charge >= 0.3 is 0 Å². The maximum absolute atomic E-state index is 11.9. The van der Waals surface area contributed by atoms with Crippen LogP contribution in [0.2, 0.25) is 0 Å². The Balaban J connectivity index is 1.97. The Kier molecular flexibility index (Phi) is 2.76. The number of rotatable bonds is 1. The van der Waals surface area contributed by atoms with E-state index in [-0.39, 0.29) is 24.2 Å². The molecule has 1 spiro atoms. The lowest BCUT2D eigenvalue weighted by atomic mass is 9.87. The zero-order valence-electron chi connectivity index (χ0n) is 8.22. The highest BCUT2D eigenvalue weighted by Crippen LogP contribution is 2.45. The van der Waals surface area contributed by atoms with Gasteiger partial charge in [0, 0.05) is 24.4 Å². The van der Waals surface area contributed by atoms with Gasteiger partial charge in [0.25, 0.3) is 0 Å². The molecule has 0 bridgehead atoms. The average Bonchev–Trinajstić information content (AvgIpc) is 2.93. The first-order chi connectivity index (χ1) is 6.77. The Morgan fingerprint density at radius 3 is 2.93 bits per heavy atom. The van der Waals surface area contributed by atoms with Crippen LogP contribution in [-0.4, -0.2) is 30.0 Å². The molecule has 2 atom stereocenters. The fourth-order valence-electron chi connectivity index (χ4n) is 2.12. The first-order valence-electron chi connectivity index (χ1n) is 5.24. The lowest BCUT2D eigenvalue weighted by Gasteiger charge is -2.32. The maximum Gasteiger partial charge on any atom is 0.100 e. The second-order valence-corrected chi connectivity index (χ2v) is 4.24. The summed E-state index contributed by atoms with van der Waals surface area (Å²) in [5.74, 6) is 6.16. The van der Waals surface area contributed by atoms with E-state index in [1.54, 1.807) is 0 Å². The fourth-order valence-corrected chi connectivity index (χ4v) is 2.12. The molecule has 0 aromatic heterocycles. The molecule has 0 radical (unpaired) electrons. The van der Waals surface area contributed by atoms with Crippen LogP contribution in [0.25, 0.3) is 0 Å². The van der Waals surface area contributed by atoms with Crippen LogP contribution in [0.4, 0.5) is 4.39 Å². The van der Waals surface area contributed by atoms with Gasteiger partial charge < -0.3 is 10.4 Å². The summed E-state index contributed by atoms with van der Waals surface area (Å²) in [7, 11) is 0. The molecule has 0 amide bonds. The van der Waals surface area contributed by atoms with Crippen molar-refractivity contribution in [1.82, 2.24) is 5.32 Å². The summed E-state index contributed by atoms with van der Waals surface area (Å²) in [6, 6.07) is 0. The van der Waals surface area contributed by atoms with Crippen molar-refractivity contribution >= 4 is 0 Å². The zero-order chi connectivity index (χ0) is 10.0. The van der Waals surface area contributed by atoms with Crippen LogP contribution in [0.5, 0.6) is 0 Å². The van der Waals surface area contributed by atoms with Gasteiger partial charge in [-0.3, -0.25) is 4.39 Å². The fraction of sp³-hybridized carbons (Fsp3) is 0.818. The van der Waals surface area contributed by atoms with Gasteiger partial charge in [0.1, 0.15) is 6.67 Å². The van der Waals surface area contributed by atoms with Gasteiger partial charge in [0.15, 0.2) is 0 Å². The largest absolute Gasteiger partial charge is 0.392 e. The zero-order valence-corrected chi connectivity index (χ0v) is 8.22. The standard InChI is InChI=1S/C11H16FNO/c12-6-2-1-3-9-7-10(14)8-13-11(9)4-5-11/h9-10,13-14H,2,4-8H2. The number of aliphatic hydroxyl groups excluding tert-OH is 1. The Morgan fingerprint density at radius 2 is 2.29 bits per heavy atom. The predicted molar refractivity (Wildman–Crippen MR) is 52.4 cm³/mol. The van der Waals surface area contributed by atoms with Crippen LogP contribution in [0.15, 0.2) is 0 Å². The minimum atomic E-state index is -0.372. The van der Waals surface area contributed by atoms with Crippen molar-refractivity contribution in [3.05, 3.63) is 0 Å². The highest BCUT2D eigenvalue weighted by Gasteiger charge is 2.51. The van der Waals surface area contributed by atoms with Crippen molar-refractivity contribution in [2.45, 2.75) is 37.3 Å². The summed E-state index contributed by atoms with van der Waals surface area (Å²) >= 11 is 0. The second-order valence-electron chi connectivity index (χ2n) is 4.24. The van der Waals surface area contributed by atoms with Crippen LogP contribution in [0.1, 0.15) is 25.7 Å². The van der Waals surface area contributed by atoms with Gasteiger partial charge in [-0.2, -0.15) is 0 Å². The molecule has 2 nitrogen and oxygen atoms in total. The molecule has 1 saturated heterocycles. The van der Waals surface area contributed by atoms with Gasteiger partial charge in [-0.05, 0) is 19.3 Å². The number of piperidine rings is 1. The Morgan fingerprint density at radius 1 is 1.50 bits per heavy atom. The molecule has 0 aromatic carbocycles. The Labute approximate surface area is 83.9 Å². The predicted octanol–water partition coefficient (Wildman–Crippen LogP) is 0.852. The van der Waals surface area contributed by atoms with Crippen LogP contribution >= 0.6 is 0 Å². The van der Waals surface area contributed by atoms with E-state index >= 15 is 0 Å². The molecule has 1 aliphatic carbocycles. The number of hydrogen-bond donors (Lipinski definition) is 2. The highest BCUT2D eigenvalue weighted by molar-refractivity contribution is 5.21. The van der Waals surface area contributed by atoms with Crippen LogP contribution in [-0.2, 0) is 0 Å². The lowest BCUT2D eigenvalue weighted by Crippen LogP contribution is -2.49. The molecule has 2 aliphatic rings. The van der Waals surface area contributed by atoms with Crippen LogP contribution < -0.4 is 5.32 Å². The minimum absolute atomic E-state index is 0.169. The van der Waals surface area contributed by atoms with Gasteiger partial charge in [-0.1, -0.05) is 5.92 Å². The van der Waals surface area contributed by atoms with E-state index in [2.05, 4.69) is 17.2 Å². The average molecular weight is 197 g/mol. The number of β-amino-alcohol motifs (C(OH)–C–C–N with tert-alkyl or cyclic N) is 1. The molecular weight excluding hydrogens is 181 g/mol. The summed E-state index contributed by atoms with van der Waals surface area (Å²) in [4.78, 5) is 0. The lowest BCUT2D eigenvalue weighted by molar-refractivity contribution is 0.101. The van der Waals surface area contributed by atoms with E-state index in [0.717, 1.165) is 19.3 Å². The third-order valence-corrected chi connectivity index (χ3v) is 3.15. The summed E-state index contributed by atoms with van der Waals surface area (Å²) in [6.45, 7) is 0.310. The summed E-state index contributed by atoms with van der Waals surface area (Å²) in [6.07, 6.45) is 3.07. The van der Waals surface area contributed by atoms with Gasteiger partial charge in [-0.15, -0.1) is 5.92 Å². The van der Waals surface area contributed by atoms with Crippen molar-refractivity contribution in [2.75, 3.05) is 13.2 Å². The molecule has 3 heteroatoms. The van der Waals surface area contributed by atoms with E-state index in [4.69, 9.17) is 0 Å². The maximum atomic E-state index is 11.9. The highest BCUT2D eigenvalue weighted by atomic mass is 19.1.